The third kappa shape index (κ3) is 5.59. The molecule has 0 unspecified atom stereocenters. The van der Waals surface area contributed by atoms with Crippen molar-refractivity contribution in [3.63, 3.8) is 0 Å². The molecule has 270 valence electrons. The summed E-state index contributed by atoms with van der Waals surface area (Å²) >= 11 is 0. The molecule has 0 saturated heterocycles. The molecule has 0 amide bonds. The molecule has 0 radical (unpaired) electrons. The van der Waals surface area contributed by atoms with Gasteiger partial charge in [-0.2, -0.15) is 5.26 Å². The lowest BCUT2D eigenvalue weighted by Crippen LogP contribution is -1.95. The number of benzene rings is 9. The van der Waals surface area contributed by atoms with Gasteiger partial charge in [0, 0.05) is 32.9 Å². The predicted octanol–water partition coefficient (Wildman–Crippen LogP) is 14.4. The van der Waals surface area contributed by atoms with Gasteiger partial charge in [0.1, 0.15) is 0 Å². The fourth-order valence-corrected chi connectivity index (χ4v) is 8.77. The first-order chi connectivity index (χ1) is 28.7. The number of nitriles is 1. The molecule has 0 atom stereocenters. The summed E-state index contributed by atoms with van der Waals surface area (Å²) < 4.78 is 4.71. The van der Waals surface area contributed by atoms with Crippen LogP contribution in [-0.4, -0.2) is 9.13 Å². The summed E-state index contributed by atoms with van der Waals surface area (Å²) in [5.41, 5.74) is 16.6. The third-order valence-corrected chi connectivity index (χ3v) is 11.5. The van der Waals surface area contributed by atoms with Gasteiger partial charge in [-0.15, -0.1) is 0 Å². The minimum atomic E-state index is 0.644. The van der Waals surface area contributed by atoms with Crippen LogP contribution in [0.1, 0.15) is 5.56 Å². The first-order valence-electron chi connectivity index (χ1n) is 19.6. The van der Waals surface area contributed by atoms with E-state index in [2.05, 4.69) is 215 Å². The Labute approximate surface area is 336 Å². The summed E-state index contributed by atoms with van der Waals surface area (Å²) in [5.74, 6) is 0. The van der Waals surface area contributed by atoms with E-state index >= 15 is 0 Å². The maximum absolute atomic E-state index is 10.0. The van der Waals surface area contributed by atoms with Gasteiger partial charge in [-0.05, 0) is 129 Å². The number of para-hydroxylation sites is 2. The second kappa shape index (κ2) is 13.7. The summed E-state index contributed by atoms with van der Waals surface area (Å²) in [6.07, 6.45) is 0. The molecule has 0 spiro atoms. The molecule has 0 fully saturated rings. The Balaban J connectivity index is 1.08. The standard InChI is InChI=1S/C55H35N3/c56-36-37-23-27-53-50(29-37)51-34-41(42-24-26-49-48-21-10-11-22-52(48)57(55(49)35-42)46-18-8-3-9-19-46)25-28-54(51)58(53)47-20-12-17-40(33-47)45-31-43(38-13-4-1-5-14-38)30-44(32-45)39-15-6-2-7-16-39/h1-35H. The van der Waals surface area contributed by atoms with Crippen LogP contribution in [-0.2, 0) is 0 Å². The fraction of sp³-hybridized carbons (Fsp3) is 0. The van der Waals surface area contributed by atoms with Gasteiger partial charge in [0.25, 0.3) is 0 Å². The Morgan fingerprint density at radius 1 is 0.276 bits per heavy atom. The molecule has 11 rings (SSSR count). The molecule has 0 N–H and O–H groups in total. The molecule has 3 nitrogen and oxygen atoms in total. The van der Waals surface area contributed by atoms with Crippen molar-refractivity contribution in [1.82, 2.24) is 9.13 Å². The van der Waals surface area contributed by atoms with E-state index in [1.165, 1.54) is 44.1 Å². The molecule has 11 aromatic rings. The van der Waals surface area contributed by atoms with Crippen molar-refractivity contribution in [1.29, 1.82) is 5.26 Å². The van der Waals surface area contributed by atoms with Gasteiger partial charge in [-0.3, -0.25) is 0 Å². The van der Waals surface area contributed by atoms with Crippen molar-refractivity contribution < 1.29 is 0 Å². The molecule has 9 aromatic carbocycles. The van der Waals surface area contributed by atoms with Crippen LogP contribution in [0.25, 0.3) is 99.5 Å². The molecular formula is C55H35N3. The first-order valence-corrected chi connectivity index (χ1v) is 19.6. The van der Waals surface area contributed by atoms with Gasteiger partial charge in [-0.25, -0.2) is 0 Å². The Hall–Kier alpha value is -7.93. The first kappa shape index (κ1) is 33.4. The maximum atomic E-state index is 10.0. The number of fused-ring (bicyclic) bond motifs is 6. The highest BCUT2D eigenvalue weighted by molar-refractivity contribution is 6.12. The van der Waals surface area contributed by atoms with Crippen LogP contribution in [0.3, 0.4) is 0 Å². The van der Waals surface area contributed by atoms with Crippen LogP contribution >= 0.6 is 0 Å². The lowest BCUT2D eigenvalue weighted by atomic mass is 9.93. The summed E-state index contributed by atoms with van der Waals surface area (Å²) in [6.45, 7) is 0. The second-order valence-corrected chi connectivity index (χ2v) is 14.9. The van der Waals surface area contributed by atoms with E-state index in [0.29, 0.717) is 5.56 Å². The smallest absolute Gasteiger partial charge is 0.0991 e. The number of hydrogen-bond donors (Lipinski definition) is 0. The predicted molar refractivity (Wildman–Crippen MR) is 242 cm³/mol. The van der Waals surface area contributed by atoms with Crippen molar-refractivity contribution in [2.75, 3.05) is 0 Å². The van der Waals surface area contributed by atoms with Crippen molar-refractivity contribution in [3.05, 3.63) is 218 Å². The lowest BCUT2D eigenvalue weighted by Gasteiger charge is -2.14. The van der Waals surface area contributed by atoms with E-state index < -0.39 is 0 Å². The fourth-order valence-electron chi connectivity index (χ4n) is 8.77. The molecule has 0 aliphatic rings. The van der Waals surface area contributed by atoms with Crippen molar-refractivity contribution in [2.45, 2.75) is 0 Å². The van der Waals surface area contributed by atoms with Crippen LogP contribution < -0.4 is 0 Å². The van der Waals surface area contributed by atoms with Gasteiger partial charge in [0.2, 0.25) is 0 Å². The van der Waals surface area contributed by atoms with Gasteiger partial charge < -0.3 is 9.13 Å². The van der Waals surface area contributed by atoms with Gasteiger partial charge >= 0.3 is 0 Å². The molecule has 0 saturated carbocycles. The lowest BCUT2D eigenvalue weighted by molar-refractivity contribution is 1.18. The summed E-state index contributed by atoms with van der Waals surface area (Å²) in [7, 11) is 0. The van der Waals surface area contributed by atoms with Crippen molar-refractivity contribution in [3.8, 4) is 62.0 Å². The summed E-state index contributed by atoms with van der Waals surface area (Å²) in [4.78, 5) is 0. The van der Waals surface area contributed by atoms with Crippen LogP contribution in [0.15, 0.2) is 212 Å². The molecule has 2 heterocycles. The van der Waals surface area contributed by atoms with Crippen molar-refractivity contribution in [2.24, 2.45) is 0 Å². The van der Waals surface area contributed by atoms with Crippen LogP contribution in [0, 0.1) is 11.3 Å². The normalized spacial score (nSPS) is 11.4. The van der Waals surface area contributed by atoms with Crippen molar-refractivity contribution >= 4 is 43.6 Å². The Morgan fingerprint density at radius 3 is 1.47 bits per heavy atom. The van der Waals surface area contributed by atoms with Crippen LogP contribution in [0.4, 0.5) is 0 Å². The van der Waals surface area contributed by atoms with E-state index in [1.807, 2.05) is 12.1 Å². The number of aromatic nitrogens is 2. The SMILES string of the molecule is N#Cc1ccc2c(c1)c1cc(-c3ccc4c5ccccc5n(-c5ccccc5)c4c3)ccc1n2-c1cccc(-c2cc(-c3ccccc3)cc(-c3ccccc3)c2)c1. The molecular weight excluding hydrogens is 703 g/mol. The van der Waals surface area contributed by atoms with Gasteiger partial charge in [0.05, 0.1) is 33.7 Å². The Kier molecular flexibility index (Phi) is 7.88. The zero-order chi connectivity index (χ0) is 38.6. The number of rotatable bonds is 6. The minimum Gasteiger partial charge on any atom is -0.309 e. The average molecular weight is 738 g/mol. The average Bonchev–Trinajstić information content (AvgIpc) is 3.81. The highest BCUT2D eigenvalue weighted by atomic mass is 15.0. The molecule has 0 aliphatic carbocycles. The molecule has 0 aliphatic heterocycles. The van der Waals surface area contributed by atoms with Crippen LogP contribution in [0.2, 0.25) is 0 Å². The van der Waals surface area contributed by atoms with Crippen LogP contribution in [0.5, 0.6) is 0 Å². The topological polar surface area (TPSA) is 33.6 Å². The zero-order valence-corrected chi connectivity index (χ0v) is 31.5. The number of nitrogens with zero attached hydrogens (tertiary/aromatic N) is 3. The summed E-state index contributed by atoms with van der Waals surface area (Å²) in [6, 6.07) is 78.2. The largest absolute Gasteiger partial charge is 0.309 e. The monoisotopic (exact) mass is 737 g/mol. The Bertz CT molecular complexity index is 3330. The van der Waals surface area contributed by atoms with E-state index in [-0.39, 0.29) is 0 Å². The van der Waals surface area contributed by atoms with Gasteiger partial charge in [-0.1, -0.05) is 127 Å². The van der Waals surface area contributed by atoms with Gasteiger partial charge in [0.15, 0.2) is 0 Å². The molecule has 3 heteroatoms. The van der Waals surface area contributed by atoms with E-state index in [1.54, 1.807) is 0 Å². The highest BCUT2D eigenvalue weighted by Gasteiger charge is 2.17. The second-order valence-electron chi connectivity index (χ2n) is 14.9. The summed E-state index contributed by atoms with van der Waals surface area (Å²) in [5, 5.41) is 14.6. The highest BCUT2D eigenvalue weighted by Crippen LogP contribution is 2.40. The minimum absolute atomic E-state index is 0.644. The van der Waals surface area contributed by atoms with E-state index in [4.69, 9.17) is 0 Å². The van der Waals surface area contributed by atoms with E-state index in [9.17, 15) is 5.26 Å². The molecule has 58 heavy (non-hydrogen) atoms. The molecule has 0 bridgehead atoms. The maximum Gasteiger partial charge on any atom is 0.0991 e. The quantitative estimate of drug-likeness (QED) is 0.167. The third-order valence-electron chi connectivity index (χ3n) is 11.5. The van der Waals surface area contributed by atoms with E-state index in [0.717, 1.165) is 55.4 Å². The molecule has 2 aromatic heterocycles. The Morgan fingerprint density at radius 2 is 0.759 bits per heavy atom. The zero-order valence-electron chi connectivity index (χ0n) is 31.5. The number of hydrogen-bond acceptors (Lipinski definition) is 1.